The van der Waals surface area contributed by atoms with E-state index in [4.69, 9.17) is 10.5 Å². The first-order chi connectivity index (χ1) is 6.16. The molecule has 2 atom stereocenters. The van der Waals surface area contributed by atoms with Gasteiger partial charge in [-0.25, -0.2) is 4.39 Å². The van der Waals surface area contributed by atoms with Crippen molar-refractivity contribution in [3.63, 3.8) is 0 Å². The Morgan fingerprint density at radius 2 is 2.31 bits per heavy atom. The van der Waals surface area contributed by atoms with E-state index in [2.05, 4.69) is 0 Å². The third-order valence-corrected chi connectivity index (χ3v) is 2.29. The normalized spacial score (nSPS) is 26.4. The van der Waals surface area contributed by atoms with E-state index in [0.717, 1.165) is 12.0 Å². The van der Waals surface area contributed by atoms with Crippen molar-refractivity contribution in [3.8, 4) is 5.75 Å². The van der Waals surface area contributed by atoms with E-state index < -0.39 is 0 Å². The van der Waals surface area contributed by atoms with E-state index in [1.807, 2.05) is 6.92 Å². The third kappa shape index (κ3) is 1.52. The van der Waals surface area contributed by atoms with Crippen LogP contribution in [-0.2, 0) is 0 Å². The number of nitrogens with two attached hydrogens (primary N) is 1. The molecule has 0 saturated carbocycles. The number of benzene rings is 1. The fraction of sp³-hybridized carbons (Fsp3) is 0.400. The molecule has 0 fully saturated rings. The highest BCUT2D eigenvalue weighted by molar-refractivity contribution is 5.38. The van der Waals surface area contributed by atoms with Crippen molar-refractivity contribution in [3.05, 3.63) is 29.6 Å². The lowest BCUT2D eigenvalue weighted by atomic mass is 9.98. The van der Waals surface area contributed by atoms with E-state index in [0.29, 0.717) is 5.75 Å². The van der Waals surface area contributed by atoms with Crippen molar-refractivity contribution in [2.75, 3.05) is 0 Å². The van der Waals surface area contributed by atoms with Crippen molar-refractivity contribution in [2.45, 2.75) is 25.5 Å². The molecule has 0 bridgehead atoms. The average molecular weight is 181 g/mol. The Bertz CT molecular complexity index is 327. The Labute approximate surface area is 76.5 Å². The first-order valence-corrected chi connectivity index (χ1v) is 4.38. The topological polar surface area (TPSA) is 35.2 Å². The van der Waals surface area contributed by atoms with Gasteiger partial charge in [0.2, 0.25) is 0 Å². The van der Waals surface area contributed by atoms with Gasteiger partial charge >= 0.3 is 0 Å². The summed E-state index contributed by atoms with van der Waals surface area (Å²) in [7, 11) is 0. The summed E-state index contributed by atoms with van der Waals surface area (Å²) in [6, 6.07) is 4.38. The molecule has 13 heavy (non-hydrogen) atoms. The summed E-state index contributed by atoms with van der Waals surface area (Å²) in [6.45, 7) is 1.96. The number of fused-ring (bicyclic) bond motifs is 1. The number of halogens is 1. The summed E-state index contributed by atoms with van der Waals surface area (Å²) < 4.78 is 18.4. The number of hydrogen-bond donors (Lipinski definition) is 1. The minimum absolute atomic E-state index is 0.102. The minimum Gasteiger partial charge on any atom is -0.490 e. The first kappa shape index (κ1) is 8.51. The lowest BCUT2D eigenvalue weighted by molar-refractivity contribution is 0.176. The molecular weight excluding hydrogens is 169 g/mol. The average Bonchev–Trinajstić information content (AvgIpc) is 2.06. The van der Waals surface area contributed by atoms with Crippen molar-refractivity contribution < 1.29 is 9.13 Å². The van der Waals surface area contributed by atoms with Gasteiger partial charge in [0.05, 0.1) is 6.10 Å². The fourth-order valence-corrected chi connectivity index (χ4v) is 1.67. The molecule has 1 aromatic rings. The maximum atomic E-state index is 12.9. The number of hydrogen-bond acceptors (Lipinski definition) is 2. The summed E-state index contributed by atoms with van der Waals surface area (Å²) in [6.07, 6.45) is 0.865. The zero-order valence-corrected chi connectivity index (χ0v) is 7.46. The molecule has 0 radical (unpaired) electrons. The summed E-state index contributed by atoms with van der Waals surface area (Å²) in [5.41, 5.74) is 6.64. The Morgan fingerprint density at radius 1 is 1.54 bits per heavy atom. The van der Waals surface area contributed by atoms with Crippen LogP contribution in [0.15, 0.2) is 18.2 Å². The molecule has 3 heteroatoms. The minimum atomic E-state index is -0.257. The predicted octanol–water partition coefficient (Wildman–Crippen LogP) is 2.00. The molecule has 2 rings (SSSR count). The maximum Gasteiger partial charge on any atom is 0.124 e. The molecule has 0 aromatic heterocycles. The summed E-state index contributed by atoms with van der Waals surface area (Å²) in [5, 5.41) is 0. The molecule has 0 aliphatic carbocycles. The molecule has 1 aromatic carbocycles. The van der Waals surface area contributed by atoms with Gasteiger partial charge in [-0.15, -0.1) is 0 Å². The molecular formula is C10H12FNO. The molecule has 0 amide bonds. The van der Waals surface area contributed by atoms with Crippen LogP contribution in [-0.4, -0.2) is 6.10 Å². The van der Waals surface area contributed by atoms with Gasteiger partial charge in [-0.05, 0) is 25.1 Å². The highest BCUT2D eigenvalue weighted by Gasteiger charge is 2.22. The summed E-state index contributed by atoms with van der Waals surface area (Å²) >= 11 is 0. The van der Waals surface area contributed by atoms with E-state index in [-0.39, 0.29) is 18.0 Å². The Kier molecular flexibility index (Phi) is 1.96. The first-order valence-electron chi connectivity index (χ1n) is 4.38. The lowest BCUT2D eigenvalue weighted by Crippen LogP contribution is -2.27. The van der Waals surface area contributed by atoms with Gasteiger partial charge < -0.3 is 10.5 Å². The van der Waals surface area contributed by atoms with Crippen molar-refractivity contribution in [1.82, 2.24) is 0 Å². The Hall–Kier alpha value is -1.09. The molecule has 0 spiro atoms. The van der Waals surface area contributed by atoms with Crippen LogP contribution in [0.3, 0.4) is 0 Å². The van der Waals surface area contributed by atoms with Gasteiger partial charge in [-0.2, -0.15) is 0 Å². The SMILES string of the molecule is C[C@H]1C[C@H](N)c2cc(F)ccc2O1. The zero-order valence-electron chi connectivity index (χ0n) is 7.46. The van der Waals surface area contributed by atoms with Crippen molar-refractivity contribution in [1.29, 1.82) is 0 Å². The van der Waals surface area contributed by atoms with Crippen LogP contribution in [0.25, 0.3) is 0 Å². The van der Waals surface area contributed by atoms with E-state index >= 15 is 0 Å². The van der Waals surface area contributed by atoms with Gasteiger partial charge in [-0.3, -0.25) is 0 Å². The number of rotatable bonds is 0. The molecule has 2 nitrogen and oxygen atoms in total. The highest BCUT2D eigenvalue weighted by Crippen LogP contribution is 2.33. The molecule has 2 N–H and O–H groups in total. The van der Waals surface area contributed by atoms with Gasteiger partial charge in [0.1, 0.15) is 11.6 Å². The van der Waals surface area contributed by atoms with Gasteiger partial charge in [0.15, 0.2) is 0 Å². The Balaban J connectivity index is 2.43. The van der Waals surface area contributed by atoms with Crippen LogP contribution in [0.2, 0.25) is 0 Å². The number of ether oxygens (including phenoxy) is 1. The van der Waals surface area contributed by atoms with Crippen LogP contribution >= 0.6 is 0 Å². The van der Waals surface area contributed by atoms with Gasteiger partial charge in [0.25, 0.3) is 0 Å². The largest absolute Gasteiger partial charge is 0.490 e. The van der Waals surface area contributed by atoms with Crippen LogP contribution < -0.4 is 10.5 Å². The van der Waals surface area contributed by atoms with Crippen molar-refractivity contribution in [2.24, 2.45) is 5.73 Å². The predicted molar refractivity (Wildman–Crippen MR) is 48.0 cm³/mol. The van der Waals surface area contributed by atoms with E-state index in [1.54, 1.807) is 6.07 Å². The molecule has 0 unspecified atom stereocenters. The van der Waals surface area contributed by atoms with Gasteiger partial charge in [0, 0.05) is 18.0 Å². The van der Waals surface area contributed by atoms with Gasteiger partial charge in [-0.1, -0.05) is 0 Å². The maximum absolute atomic E-state index is 12.9. The monoisotopic (exact) mass is 181 g/mol. The fourth-order valence-electron chi connectivity index (χ4n) is 1.67. The van der Waals surface area contributed by atoms with Crippen LogP contribution in [0.4, 0.5) is 4.39 Å². The van der Waals surface area contributed by atoms with Crippen LogP contribution in [0, 0.1) is 5.82 Å². The van der Waals surface area contributed by atoms with Crippen LogP contribution in [0.1, 0.15) is 24.9 Å². The zero-order chi connectivity index (χ0) is 9.42. The second-order valence-corrected chi connectivity index (χ2v) is 3.45. The molecule has 70 valence electrons. The van der Waals surface area contributed by atoms with E-state index in [1.165, 1.54) is 12.1 Å². The van der Waals surface area contributed by atoms with E-state index in [9.17, 15) is 4.39 Å². The lowest BCUT2D eigenvalue weighted by Gasteiger charge is -2.27. The quantitative estimate of drug-likeness (QED) is 0.664. The van der Waals surface area contributed by atoms with Crippen molar-refractivity contribution >= 4 is 0 Å². The smallest absolute Gasteiger partial charge is 0.124 e. The second kappa shape index (κ2) is 3.00. The molecule has 1 aliphatic heterocycles. The highest BCUT2D eigenvalue weighted by atomic mass is 19.1. The molecule has 1 heterocycles. The standard InChI is InChI=1S/C10H12FNO/c1-6-4-9(12)8-5-7(11)2-3-10(8)13-6/h2-3,5-6,9H,4,12H2,1H3/t6-,9-/m0/s1. The molecule has 1 aliphatic rings. The van der Waals surface area contributed by atoms with Crippen LogP contribution in [0.5, 0.6) is 5.75 Å². The summed E-state index contributed by atoms with van der Waals surface area (Å²) in [5.74, 6) is 0.458. The third-order valence-electron chi connectivity index (χ3n) is 2.29. The second-order valence-electron chi connectivity index (χ2n) is 3.45. The molecule has 0 saturated heterocycles. The summed E-state index contributed by atoms with van der Waals surface area (Å²) in [4.78, 5) is 0. The Morgan fingerprint density at radius 3 is 3.08 bits per heavy atom.